The summed E-state index contributed by atoms with van der Waals surface area (Å²) in [6.45, 7) is 9.27. The number of rotatable bonds is 7. The van der Waals surface area contributed by atoms with E-state index in [9.17, 15) is 18.0 Å². The number of benzene rings is 1. The van der Waals surface area contributed by atoms with Crippen molar-refractivity contribution in [2.75, 3.05) is 35.5 Å². The van der Waals surface area contributed by atoms with Gasteiger partial charge in [0.15, 0.2) is 5.65 Å². The lowest BCUT2D eigenvalue weighted by Gasteiger charge is -2.35. The van der Waals surface area contributed by atoms with Crippen LogP contribution in [0.3, 0.4) is 0 Å². The van der Waals surface area contributed by atoms with Gasteiger partial charge in [-0.1, -0.05) is 11.6 Å². The van der Waals surface area contributed by atoms with Crippen molar-refractivity contribution < 1.29 is 22.7 Å². The number of sulfonamides is 1. The van der Waals surface area contributed by atoms with Gasteiger partial charge in [-0.2, -0.15) is 5.10 Å². The van der Waals surface area contributed by atoms with E-state index >= 15 is 0 Å². The van der Waals surface area contributed by atoms with Gasteiger partial charge in [-0.05, 0) is 78.0 Å². The summed E-state index contributed by atoms with van der Waals surface area (Å²) in [5, 5.41) is 8.07. The minimum absolute atomic E-state index is 0.0810. The second-order valence-electron chi connectivity index (χ2n) is 12.6. The van der Waals surface area contributed by atoms with Crippen LogP contribution >= 0.6 is 11.6 Å². The van der Waals surface area contributed by atoms with Crippen molar-refractivity contribution in [2.45, 2.75) is 77.5 Å². The summed E-state index contributed by atoms with van der Waals surface area (Å²) < 4.78 is 33.6. The van der Waals surface area contributed by atoms with E-state index < -0.39 is 21.7 Å². The molecule has 2 aromatic heterocycles. The second-order valence-corrected chi connectivity index (χ2v) is 14.8. The Kier molecular flexibility index (Phi) is 8.99. The number of aryl methyl sites for hydroxylation is 1. The molecular weight excluding hydrogens is 606 g/mol. The van der Waals surface area contributed by atoms with Gasteiger partial charge in [0.05, 0.1) is 29.2 Å². The van der Waals surface area contributed by atoms with Crippen LogP contribution in [0.2, 0.25) is 5.02 Å². The Labute approximate surface area is 263 Å². The van der Waals surface area contributed by atoms with E-state index in [0.29, 0.717) is 35.9 Å². The molecule has 2 aliphatic rings. The number of likely N-dealkylation sites (tertiary alicyclic amines) is 1. The maximum Gasteiger partial charge on any atom is 0.407 e. The fourth-order valence-corrected chi connectivity index (χ4v) is 6.68. The number of piperidine rings is 1. The number of nitrogens with zero attached hydrogens (tertiary/aromatic N) is 5. The molecule has 2 N–H and O–H groups in total. The number of nitrogens with one attached hydrogen (secondary N) is 2. The highest BCUT2D eigenvalue weighted by molar-refractivity contribution is 7.92. The molecule has 2 amide bonds. The zero-order valence-corrected chi connectivity index (χ0v) is 27.3. The largest absolute Gasteiger partial charge is 0.444 e. The van der Waals surface area contributed by atoms with Crippen LogP contribution < -0.4 is 14.9 Å². The van der Waals surface area contributed by atoms with E-state index in [1.807, 2.05) is 40.0 Å². The predicted octanol–water partition coefficient (Wildman–Crippen LogP) is 4.92. The number of amides is 2. The lowest BCUT2D eigenvalue weighted by Crippen LogP contribution is -2.42. The first-order chi connectivity index (χ1) is 20.7. The van der Waals surface area contributed by atoms with E-state index in [2.05, 4.69) is 14.9 Å². The van der Waals surface area contributed by atoms with Gasteiger partial charge >= 0.3 is 6.09 Å². The Morgan fingerprint density at radius 1 is 1.11 bits per heavy atom. The fraction of sp³-hybridized carbons (Fsp3) is 0.533. The van der Waals surface area contributed by atoms with Gasteiger partial charge in [0.1, 0.15) is 11.4 Å². The normalized spacial score (nSPS) is 19.3. The third-order valence-corrected chi connectivity index (χ3v) is 8.59. The van der Waals surface area contributed by atoms with Crippen LogP contribution in [0.15, 0.2) is 30.5 Å². The number of aromatic nitrogens is 3. The fourth-order valence-electron chi connectivity index (χ4n) is 5.93. The molecule has 0 bridgehead atoms. The highest BCUT2D eigenvalue weighted by atomic mass is 35.5. The van der Waals surface area contributed by atoms with Crippen LogP contribution in [0.25, 0.3) is 5.65 Å². The summed E-state index contributed by atoms with van der Waals surface area (Å²) in [5.41, 5.74) is 2.13. The van der Waals surface area contributed by atoms with Gasteiger partial charge in [0.2, 0.25) is 10.0 Å². The number of ether oxygens (including phenoxy) is 1. The quantitative estimate of drug-likeness (QED) is 0.369. The molecule has 2 fully saturated rings. The molecule has 44 heavy (non-hydrogen) atoms. The molecule has 0 aliphatic carbocycles. The summed E-state index contributed by atoms with van der Waals surface area (Å²) in [5.74, 6) is 0.520. The summed E-state index contributed by atoms with van der Waals surface area (Å²) in [7, 11) is -3.61. The molecule has 3 aromatic rings. The Hall–Kier alpha value is -3.58. The van der Waals surface area contributed by atoms with E-state index in [1.54, 1.807) is 15.5 Å². The van der Waals surface area contributed by atoms with Crippen LogP contribution in [0.1, 0.15) is 80.5 Å². The van der Waals surface area contributed by atoms with Crippen molar-refractivity contribution in [1.82, 2.24) is 24.8 Å². The molecule has 0 saturated carbocycles. The summed E-state index contributed by atoms with van der Waals surface area (Å²) in [6, 6.07) is 6.22. The molecule has 5 rings (SSSR count). The number of carbonyl (C=O) groups excluding carboxylic acids is 2. The zero-order chi connectivity index (χ0) is 31.8. The van der Waals surface area contributed by atoms with Crippen LogP contribution in [0.4, 0.5) is 16.3 Å². The Balaban J connectivity index is 1.40. The molecular formula is C30H40ClN7O5S. The van der Waals surface area contributed by atoms with E-state index in [0.717, 1.165) is 49.9 Å². The molecule has 0 unspecified atom stereocenters. The van der Waals surface area contributed by atoms with E-state index in [4.69, 9.17) is 26.4 Å². The number of hydrogen-bond donors (Lipinski definition) is 2. The summed E-state index contributed by atoms with van der Waals surface area (Å²) in [6.07, 6.45) is 6.90. The van der Waals surface area contributed by atoms with E-state index in [-0.39, 0.29) is 29.2 Å². The first-order valence-corrected chi connectivity index (χ1v) is 17.1. The molecule has 1 aromatic carbocycles. The average Bonchev–Trinajstić information content (AvgIpc) is 3.57. The standard InChI is InChI=1S/C30H40ClN7O5S/c1-19-18-38-26(33-27(19)36-14-8-9-21(36)17-32-29(40)43-30(2,3)4)16-24(34-38)25-10-6-7-13-37(25)28(39)22-15-20(31)11-12-23(22)35-44(5,41)42/h11-12,15-16,18,21,25,35H,6-10,13-14,17H2,1-5H3,(H,32,40)/t21-,25-/m0/s1. The van der Waals surface area contributed by atoms with E-state index in [1.165, 1.54) is 12.1 Å². The molecule has 0 radical (unpaired) electrons. The molecule has 12 nitrogen and oxygen atoms in total. The van der Waals surface area contributed by atoms with Gasteiger partial charge in [0, 0.05) is 48.5 Å². The van der Waals surface area contributed by atoms with Gasteiger partial charge in [0.25, 0.3) is 5.91 Å². The van der Waals surface area contributed by atoms with Gasteiger partial charge in [-0.15, -0.1) is 0 Å². The number of carbonyl (C=O) groups is 2. The number of hydrogen-bond acceptors (Lipinski definition) is 8. The third kappa shape index (κ3) is 7.37. The number of alkyl carbamates (subject to hydrolysis) is 1. The van der Waals surface area contributed by atoms with Crippen LogP contribution in [-0.4, -0.2) is 77.4 Å². The number of anilines is 2. The zero-order valence-electron chi connectivity index (χ0n) is 25.8. The van der Waals surface area contributed by atoms with Gasteiger partial charge in [-0.25, -0.2) is 22.7 Å². The minimum Gasteiger partial charge on any atom is -0.444 e. The topological polar surface area (TPSA) is 138 Å². The maximum atomic E-state index is 13.9. The van der Waals surface area contributed by atoms with Crippen molar-refractivity contribution in [3.05, 3.63) is 52.3 Å². The molecule has 2 atom stereocenters. The molecule has 0 spiro atoms. The van der Waals surface area contributed by atoms with Crippen molar-refractivity contribution in [3.8, 4) is 0 Å². The van der Waals surface area contributed by atoms with Crippen LogP contribution in [0.5, 0.6) is 0 Å². The molecule has 14 heteroatoms. The molecule has 2 aliphatic heterocycles. The average molecular weight is 646 g/mol. The third-order valence-electron chi connectivity index (χ3n) is 7.77. The SMILES string of the molecule is Cc1cn2nc([C@@H]3CCCCN3C(=O)c3cc(Cl)ccc3NS(C)(=O)=O)cc2nc1N1CCC[C@H]1CNC(=O)OC(C)(C)C. The summed E-state index contributed by atoms with van der Waals surface area (Å²) >= 11 is 6.23. The van der Waals surface area contributed by atoms with Crippen LogP contribution in [0, 0.1) is 6.92 Å². The Morgan fingerprint density at radius 3 is 2.61 bits per heavy atom. The van der Waals surface area contributed by atoms with Gasteiger partial charge in [-0.3, -0.25) is 9.52 Å². The van der Waals surface area contributed by atoms with Crippen molar-refractivity contribution in [2.24, 2.45) is 0 Å². The Morgan fingerprint density at radius 2 is 1.89 bits per heavy atom. The predicted molar refractivity (Wildman–Crippen MR) is 170 cm³/mol. The second kappa shape index (κ2) is 12.4. The lowest BCUT2D eigenvalue weighted by atomic mass is 9.98. The molecule has 2 saturated heterocycles. The van der Waals surface area contributed by atoms with Crippen molar-refractivity contribution in [3.63, 3.8) is 0 Å². The first kappa shape index (κ1) is 31.8. The maximum absolute atomic E-state index is 13.9. The van der Waals surface area contributed by atoms with Crippen molar-refractivity contribution in [1.29, 1.82) is 0 Å². The lowest BCUT2D eigenvalue weighted by molar-refractivity contribution is 0.0524. The Bertz CT molecular complexity index is 1670. The number of halogens is 1. The minimum atomic E-state index is -3.61. The monoisotopic (exact) mass is 645 g/mol. The van der Waals surface area contributed by atoms with Crippen LogP contribution in [-0.2, 0) is 14.8 Å². The molecule has 4 heterocycles. The van der Waals surface area contributed by atoms with Crippen molar-refractivity contribution >= 4 is 50.8 Å². The highest BCUT2D eigenvalue weighted by Crippen LogP contribution is 2.35. The first-order valence-electron chi connectivity index (χ1n) is 14.9. The highest BCUT2D eigenvalue weighted by Gasteiger charge is 2.33. The number of fused-ring (bicyclic) bond motifs is 1. The smallest absolute Gasteiger partial charge is 0.407 e. The summed E-state index contributed by atoms with van der Waals surface area (Å²) in [4.78, 5) is 35.1. The van der Waals surface area contributed by atoms with Gasteiger partial charge < -0.3 is 19.9 Å². The molecule has 238 valence electrons.